The lowest BCUT2D eigenvalue weighted by Crippen LogP contribution is -2.30. The predicted molar refractivity (Wildman–Crippen MR) is 58.6 cm³/mol. The zero-order chi connectivity index (χ0) is 11.8. The summed E-state index contributed by atoms with van der Waals surface area (Å²) >= 11 is 0. The third-order valence-electron chi connectivity index (χ3n) is 0.957. The van der Waals surface area contributed by atoms with Crippen LogP contribution in [0.4, 0.5) is 0 Å². The summed E-state index contributed by atoms with van der Waals surface area (Å²) in [7, 11) is 1.86. The van der Waals surface area contributed by atoms with Gasteiger partial charge in [0.15, 0.2) is 0 Å². The Kier molecular flexibility index (Phi) is 30.7. The minimum atomic E-state index is 0.538. The monoisotopic (exact) mass is 205 g/mol. The van der Waals surface area contributed by atoms with Crippen molar-refractivity contribution in [2.45, 2.75) is 26.7 Å². The Hall–Kier alpha value is -0.780. The van der Waals surface area contributed by atoms with Gasteiger partial charge in [-0.05, 0) is 7.05 Å². The number of carbonyl (C=O) groups excluding carboxylic acids is 2. The first-order valence-corrected chi connectivity index (χ1v) is 4.60. The topological polar surface area (TPSA) is 89.4 Å². The average molecular weight is 205 g/mol. The fourth-order valence-electron chi connectivity index (χ4n) is 0.0745. The molecule has 0 aliphatic carbocycles. The van der Waals surface area contributed by atoms with Crippen LogP contribution < -0.4 is 11.5 Å². The fraction of sp³-hybridized carbons (Fsp3) is 0.778. The molecule has 5 heteroatoms. The van der Waals surface area contributed by atoms with E-state index in [9.17, 15) is 9.59 Å². The predicted octanol–water partition coefficient (Wildman–Crippen LogP) is -0.0588. The quantitative estimate of drug-likeness (QED) is 0.496. The summed E-state index contributed by atoms with van der Waals surface area (Å²) < 4.78 is 0. The van der Waals surface area contributed by atoms with Crippen molar-refractivity contribution < 1.29 is 9.59 Å². The second-order valence-corrected chi connectivity index (χ2v) is 2.37. The molecule has 0 aromatic carbocycles. The highest BCUT2D eigenvalue weighted by atomic mass is 16.1. The molecule has 4 N–H and O–H groups in total. The first-order valence-electron chi connectivity index (χ1n) is 4.60. The number of hydrogen-bond acceptors (Lipinski definition) is 5. The molecule has 14 heavy (non-hydrogen) atoms. The van der Waals surface area contributed by atoms with E-state index in [2.05, 4.69) is 0 Å². The molecule has 0 rings (SSSR count). The van der Waals surface area contributed by atoms with Crippen molar-refractivity contribution in [3.05, 3.63) is 0 Å². The van der Waals surface area contributed by atoms with E-state index in [1.54, 1.807) is 4.90 Å². The van der Waals surface area contributed by atoms with Gasteiger partial charge in [0.1, 0.15) is 12.6 Å². The molecule has 0 saturated carbocycles. The van der Waals surface area contributed by atoms with Crippen molar-refractivity contribution in [1.29, 1.82) is 0 Å². The molecule has 0 fully saturated rings. The van der Waals surface area contributed by atoms with Gasteiger partial charge in [0.05, 0.1) is 0 Å². The van der Waals surface area contributed by atoms with Crippen LogP contribution in [0.5, 0.6) is 0 Å². The van der Waals surface area contributed by atoms with Gasteiger partial charge < -0.3 is 21.1 Å². The van der Waals surface area contributed by atoms with Crippen LogP contribution in [0.15, 0.2) is 0 Å². The number of nitrogens with zero attached hydrogens (tertiary/aromatic N) is 1. The van der Waals surface area contributed by atoms with Gasteiger partial charge in [-0.2, -0.15) is 0 Å². The normalized spacial score (nSPS) is 7.86. The average Bonchev–Trinajstić information content (AvgIpc) is 2.28. The van der Waals surface area contributed by atoms with Gasteiger partial charge in [0, 0.05) is 26.2 Å². The molecule has 0 unspecified atom stereocenters. The molecule has 0 bridgehead atoms. The van der Waals surface area contributed by atoms with E-state index in [1.165, 1.54) is 0 Å². The number of aldehydes is 2. The second-order valence-electron chi connectivity index (χ2n) is 2.37. The highest BCUT2D eigenvalue weighted by Gasteiger charge is 1.81. The Morgan fingerprint density at radius 3 is 1.21 bits per heavy atom. The van der Waals surface area contributed by atoms with Crippen LogP contribution >= 0.6 is 0 Å². The van der Waals surface area contributed by atoms with Crippen molar-refractivity contribution >= 4 is 12.6 Å². The SMILES string of the molecule is CCC=O.CCC=O.CN(CN)CN. The van der Waals surface area contributed by atoms with Gasteiger partial charge in [0.2, 0.25) is 0 Å². The third kappa shape index (κ3) is 43.0. The number of rotatable bonds is 4. The van der Waals surface area contributed by atoms with Crippen LogP contribution in [-0.2, 0) is 9.59 Å². The highest BCUT2D eigenvalue weighted by Crippen LogP contribution is 1.62. The maximum absolute atomic E-state index is 9.17. The van der Waals surface area contributed by atoms with Crippen molar-refractivity contribution in [2.75, 3.05) is 20.4 Å². The lowest BCUT2D eigenvalue weighted by Gasteiger charge is -2.07. The fourth-order valence-corrected chi connectivity index (χ4v) is 0.0745. The first kappa shape index (κ1) is 18.9. The lowest BCUT2D eigenvalue weighted by molar-refractivity contribution is -0.108. The van der Waals surface area contributed by atoms with Gasteiger partial charge in [-0.15, -0.1) is 0 Å². The molecule has 0 atom stereocenters. The third-order valence-corrected chi connectivity index (χ3v) is 0.957. The summed E-state index contributed by atoms with van der Waals surface area (Å²) in [5.41, 5.74) is 10.3. The molecule has 0 amide bonds. The van der Waals surface area contributed by atoms with E-state index >= 15 is 0 Å². The van der Waals surface area contributed by atoms with Gasteiger partial charge in [-0.1, -0.05) is 13.8 Å². The summed E-state index contributed by atoms with van der Waals surface area (Å²) in [6.45, 7) is 4.70. The number of hydrogen-bond donors (Lipinski definition) is 2. The van der Waals surface area contributed by atoms with Crippen molar-refractivity contribution in [2.24, 2.45) is 11.5 Å². The molecule has 0 aliphatic heterocycles. The minimum Gasteiger partial charge on any atom is -0.318 e. The Morgan fingerprint density at radius 1 is 1.00 bits per heavy atom. The van der Waals surface area contributed by atoms with E-state index in [-0.39, 0.29) is 0 Å². The van der Waals surface area contributed by atoms with Gasteiger partial charge in [-0.25, -0.2) is 0 Å². The van der Waals surface area contributed by atoms with Gasteiger partial charge in [-0.3, -0.25) is 4.90 Å². The zero-order valence-corrected chi connectivity index (χ0v) is 9.40. The van der Waals surface area contributed by atoms with Crippen LogP contribution in [0, 0.1) is 0 Å². The molecule has 5 nitrogen and oxygen atoms in total. The van der Waals surface area contributed by atoms with Crippen molar-refractivity contribution in [1.82, 2.24) is 4.90 Å². The minimum absolute atomic E-state index is 0.538. The first-order chi connectivity index (χ1) is 6.64. The molecule has 0 aromatic rings. The summed E-state index contributed by atoms with van der Waals surface area (Å²) in [4.78, 5) is 20.2. The molecule has 0 saturated heterocycles. The Bertz CT molecular complexity index is 98.2. The van der Waals surface area contributed by atoms with E-state index in [0.29, 0.717) is 26.2 Å². The van der Waals surface area contributed by atoms with Crippen LogP contribution in [-0.4, -0.2) is 37.9 Å². The van der Waals surface area contributed by atoms with E-state index < -0.39 is 0 Å². The molecular weight excluding hydrogens is 182 g/mol. The summed E-state index contributed by atoms with van der Waals surface area (Å²) in [5, 5.41) is 0. The van der Waals surface area contributed by atoms with Crippen LogP contribution in [0.1, 0.15) is 26.7 Å². The zero-order valence-electron chi connectivity index (χ0n) is 9.40. The lowest BCUT2D eigenvalue weighted by atomic mass is 10.6. The second kappa shape index (κ2) is 22.8. The standard InChI is InChI=1S/C3H11N3.2C3H6O/c1-6(2-4)3-5;2*1-2-3-4/h2-5H2,1H3;2*3H,2H2,1H3. The van der Waals surface area contributed by atoms with Crippen LogP contribution in [0.25, 0.3) is 0 Å². The van der Waals surface area contributed by atoms with Crippen molar-refractivity contribution in [3.8, 4) is 0 Å². The van der Waals surface area contributed by atoms with Gasteiger partial charge in [0.25, 0.3) is 0 Å². The van der Waals surface area contributed by atoms with Crippen molar-refractivity contribution in [3.63, 3.8) is 0 Å². The number of carbonyl (C=O) groups is 2. The molecule has 86 valence electrons. The summed E-state index contributed by atoms with van der Waals surface area (Å²) in [6, 6.07) is 0. The summed E-state index contributed by atoms with van der Waals surface area (Å²) in [6.07, 6.45) is 3.03. The van der Waals surface area contributed by atoms with Crippen LogP contribution in [0.2, 0.25) is 0 Å². The maximum Gasteiger partial charge on any atom is 0.119 e. The summed E-state index contributed by atoms with van der Waals surface area (Å²) in [5.74, 6) is 0. The Labute approximate surface area is 86.4 Å². The smallest absolute Gasteiger partial charge is 0.119 e. The molecule has 0 aromatic heterocycles. The Morgan fingerprint density at radius 2 is 1.21 bits per heavy atom. The number of nitrogens with two attached hydrogens (primary N) is 2. The highest BCUT2D eigenvalue weighted by molar-refractivity contribution is 5.48. The maximum atomic E-state index is 9.17. The molecular formula is C9H23N3O2. The Balaban J connectivity index is -0.000000135. The molecule has 0 heterocycles. The molecule has 0 spiro atoms. The largest absolute Gasteiger partial charge is 0.318 e. The van der Waals surface area contributed by atoms with E-state index in [1.807, 2.05) is 20.9 Å². The molecule has 0 aliphatic rings. The van der Waals surface area contributed by atoms with E-state index in [4.69, 9.17) is 11.5 Å². The van der Waals surface area contributed by atoms with E-state index in [0.717, 1.165) is 12.6 Å². The van der Waals surface area contributed by atoms with Gasteiger partial charge >= 0.3 is 0 Å². The van der Waals surface area contributed by atoms with Crippen LogP contribution in [0.3, 0.4) is 0 Å². The molecule has 0 radical (unpaired) electrons.